The average molecular weight is 267 g/mol. The maximum Gasteiger partial charge on any atom is 0.107 e. The fourth-order valence-corrected chi connectivity index (χ4v) is 3.05. The van der Waals surface area contributed by atoms with Gasteiger partial charge in [0.1, 0.15) is 5.01 Å². The Balaban J connectivity index is 1.93. The molecular weight excluding hydrogens is 246 g/mol. The van der Waals surface area contributed by atoms with E-state index in [1.54, 1.807) is 11.3 Å². The summed E-state index contributed by atoms with van der Waals surface area (Å²) in [6.45, 7) is 9.41. The van der Waals surface area contributed by atoms with Crippen molar-refractivity contribution in [2.45, 2.75) is 45.6 Å². The molecule has 1 aromatic heterocycles. The Morgan fingerprint density at radius 1 is 1.39 bits per heavy atom. The first kappa shape index (κ1) is 13.5. The second-order valence-corrected chi connectivity index (χ2v) is 6.76. The second kappa shape index (κ2) is 5.36. The highest BCUT2D eigenvalue weighted by Crippen LogP contribution is 2.24. The van der Waals surface area contributed by atoms with Crippen LogP contribution in [-0.2, 0) is 12.0 Å². The predicted octanol–water partition coefficient (Wildman–Crippen LogP) is 2.87. The first-order valence-corrected chi connectivity index (χ1v) is 7.24. The van der Waals surface area contributed by atoms with Gasteiger partial charge in [0.15, 0.2) is 0 Å². The second-order valence-electron chi connectivity index (χ2n) is 5.82. The minimum absolute atomic E-state index is 0.132. The largest absolute Gasteiger partial charge is 0.411 e. The van der Waals surface area contributed by atoms with E-state index >= 15 is 0 Å². The summed E-state index contributed by atoms with van der Waals surface area (Å²) in [7, 11) is 0. The van der Waals surface area contributed by atoms with Gasteiger partial charge in [0, 0.05) is 36.7 Å². The van der Waals surface area contributed by atoms with Crippen molar-refractivity contribution < 1.29 is 5.21 Å². The number of thiazole rings is 1. The van der Waals surface area contributed by atoms with E-state index in [-0.39, 0.29) is 5.41 Å². The smallest absolute Gasteiger partial charge is 0.107 e. The SMILES string of the molecule is CC(C)(C)c1csc(CN2CCC(=NO)CC2)n1. The van der Waals surface area contributed by atoms with Gasteiger partial charge in [-0.25, -0.2) is 4.98 Å². The Bertz CT molecular complexity index is 424. The van der Waals surface area contributed by atoms with E-state index in [1.807, 2.05) is 0 Å². The van der Waals surface area contributed by atoms with Crippen LogP contribution >= 0.6 is 11.3 Å². The van der Waals surface area contributed by atoms with Crippen LogP contribution in [0.4, 0.5) is 0 Å². The van der Waals surface area contributed by atoms with Gasteiger partial charge in [-0.3, -0.25) is 4.90 Å². The summed E-state index contributed by atoms with van der Waals surface area (Å²) in [5.74, 6) is 0. The van der Waals surface area contributed by atoms with E-state index in [2.05, 4.69) is 36.2 Å². The van der Waals surface area contributed by atoms with Gasteiger partial charge in [-0.05, 0) is 0 Å². The van der Waals surface area contributed by atoms with Gasteiger partial charge in [-0.15, -0.1) is 11.3 Å². The third kappa shape index (κ3) is 3.29. The number of aromatic nitrogens is 1. The van der Waals surface area contributed by atoms with Crippen LogP contribution in [0, 0.1) is 0 Å². The van der Waals surface area contributed by atoms with Crippen molar-refractivity contribution in [3.8, 4) is 0 Å². The summed E-state index contributed by atoms with van der Waals surface area (Å²) in [6, 6.07) is 0. The lowest BCUT2D eigenvalue weighted by atomic mass is 9.93. The molecule has 0 aliphatic carbocycles. The number of piperidine rings is 1. The van der Waals surface area contributed by atoms with Crippen molar-refractivity contribution in [1.82, 2.24) is 9.88 Å². The zero-order valence-electron chi connectivity index (χ0n) is 11.3. The van der Waals surface area contributed by atoms with Crippen molar-refractivity contribution in [2.24, 2.45) is 5.16 Å². The Hall–Kier alpha value is -0.940. The first-order chi connectivity index (χ1) is 8.49. The number of likely N-dealkylation sites (tertiary alicyclic amines) is 1. The highest BCUT2D eigenvalue weighted by Gasteiger charge is 2.20. The molecule has 0 bridgehead atoms. The molecule has 0 spiro atoms. The van der Waals surface area contributed by atoms with Crippen LogP contribution in [0.5, 0.6) is 0 Å². The number of rotatable bonds is 2. The van der Waals surface area contributed by atoms with Gasteiger partial charge >= 0.3 is 0 Å². The topological polar surface area (TPSA) is 48.7 Å². The molecule has 1 N–H and O–H groups in total. The quantitative estimate of drug-likeness (QED) is 0.662. The lowest BCUT2D eigenvalue weighted by Gasteiger charge is -2.25. The molecule has 0 unspecified atom stereocenters. The van der Waals surface area contributed by atoms with E-state index in [0.29, 0.717) is 0 Å². The van der Waals surface area contributed by atoms with Crippen LogP contribution in [0.1, 0.15) is 44.3 Å². The van der Waals surface area contributed by atoms with Gasteiger partial charge in [0.2, 0.25) is 0 Å². The van der Waals surface area contributed by atoms with Crippen molar-refractivity contribution >= 4 is 17.0 Å². The van der Waals surface area contributed by atoms with Gasteiger partial charge in [0.05, 0.1) is 18.0 Å². The highest BCUT2D eigenvalue weighted by molar-refractivity contribution is 7.09. The zero-order chi connectivity index (χ0) is 13.2. The Kier molecular flexibility index (Phi) is 4.02. The molecule has 0 aromatic carbocycles. The van der Waals surface area contributed by atoms with Crippen LogP contribution in [0.25, 0.3) is 0 Å². The maximum atomic E-state index is 8.72. The fraction of sp³-hybridized carbons (Fsp3) is 0.692. The molecule has 5 heteroatoms. The van der Waals surface area contributed by atoms with Crippen molar-refractivity contribution in [2.75, 3.05) is 13.1 Å². The lowest BCUT2D eigenvalue weighted by Crippen LogP contribution is -2.33. The van der Waals surface area contributed by atoms with Crippen LogP contribution in [0.3, 0.4) is 0 Å². The molecule has 0 amide bonds. The molecule has 0 radical (unpaired) electrons. The lowest BCUT2D eigenvalue weighted by molar-refractivity contribution is 0.255. The van der Waals surface area contributed by atoms with Gasteiger partial charge < -0.3 is 5.21 Å². The Morgan fingerprint density at radius 3 is 2.56 bits per heavy atom. The number of hydrogen-bond donors (Lipinski definition) is 1. The van der Waals surface area contributed by atoms with Crippen molar-refractivity contribution in [3.63, 3.8) is 0 Å². The molecule has 0 atom stereocenters. The molecule has 18 heavy (non-hydrogen) atoms. The number of oxime groups is 1. The Labute approximate surface area is 112 Å². The minimum Gasteiger partial charge on any atom is -0.411 e. The minimum atomic E-state index is 0.132. The van der Waals surface area contributed by atoms with E-state index in [0.717, 1.165) is 38.2 Å². The van der Waals surface area contributed by atoms with Crippen molar-refractivity contribution in [3.05, 3.63) is 16.1 Å². The molecule has 1 fully saturated rings. The molecule has 100 valence electrons. The molecule has 0 saturated carbocycles. The highest BCUT2D eigenvalue weighted by atomic mass is 32.1. The molecule has 1 aliphatic rings. The standard InChI is InChI=1S/C13H21N3OS/c1-13(2,3)11-9-18-12(14-11)8-16-6-4-10(15-17)5-7-16/h9,17H,4-8H2,1-3H3. The summed E-state index contributed by atoms with van der Waals surface area (Å²) < 4.78 is 0. The third-order valence-corrected chi connectivity index (χ3v) is 4.09. The van der Waals surface area contributed by atoms with E-state index in [9.17, 15) is 0 Å². The Morgan fingerprint density at radius 2 is 2.06 bits per heavy atom. The van der Waals surface area contributed by atoms with E-state index in [1.165, 1.54) is 10.7 Å². The molecule has 4 nitrogen and oxygen atoms in total. The van der Waals surface area contributed by atoms with Gasteiger partial charge in [0.25, 0.3) is 0 Å². The van der Waals surface area contributed by atoms with Crippen molar-refractivity contribution in [1.29, 1.82) is 0 Å². The first-order valence-electron chi connectivity index (χ1n) is 6.36. The number of nitrogens with zero attached hydrogens (tertiary/aromatic N) is 3. The van der Waals surface area contributed by atoms with Crippen LogP contribution in [-0.4, -0.2) is 33.9 Å². The molecule has 1 aromatic rings. The fourth-order valence-electron chi connectivity index (χ4n) is 1.99. The predicted molar refractivity (Wildman–Crippen MR) is 74.5 cm³/mol. The van der Waals surface area contributed by atoms with Crippen LogP contribution < -0.4 is 0 Å². The zero-order valence-corrected chi connectivity index (χ0v) is 12.1. The molecule has 2 heterocycles. The van der Waals surface area contributed by atoms with Gasteiger partial charge in [-0.1, -0.05) is 25.9 Å². The van der Waals surface area contributed by atoms with Crippen LogP contribution in [0.15, 0.2) is 10.5 Å². The van der Waals surface area contributed by atoms with E-state index in [4.69, 9.17) is 10.2 Å². The summed E-state index contributed by atoms with van der Waals surface area (Å²) in [4.78, 5) is 7.09. The summed E-state index contributed by atoms with van der Waals surface area (Å²) in [6.07, 6.45) is 1.74. The summed E-state index contributed by atoms with van der Waals surface area (Å²) in [5, 5.41) is 15.4. The number of hydrogen-bond acceptors (Lipinski definition) is 5. The maximum absolute atomic E-state index is 8.72. The monoisotopic (exact) mass is 267 g/mol. The molecule has 1 saturated heterocycles. The molecular formula is C13H21N3OS. The van der Waals surface area contributed by atoms with E-state index < -0.39 is 0 Å². The summed E-state index contributed by atoms with van der Waals surface area (Å²) in [5.41, 5.74) is 2.23. The average Bonchev–Trinajstić information content (AvgIpc) is 2.78. The third-order valence-electron chi connectivity index (χ3n) is 3.25. The molecule has 2 rings (SSSR count). The van der Waals surface area contributed by atoms with Crippen LogP contribution in [0.2, 0.25) is 0 Å². The van der Waals surface area contributed by atoms with Gasteiger partial charge in [-0.2, -0.15) is 0 Å². The summed E-state index contributed by atoms with van der Waals surface area (Å²) >= 11 is 1.74. The molecule has 1 aliphatic heterocycles. The normalized spacial score (nSPS) is 18.1.